The first-order valence-electron chi connectivity index (χ1n) is 6.31. The van der Waals surface area contributed by atoms with Gasteiger partial charge >= 0.3 is 0 Å². The Kier molecular flexibility index (Phi) is 4.32. The molecule has 18 heavy (non-hydrogen) atoms. The lowest BCUT2D eigenvalue weighted by Gasteiger charge is -2.37. The molecule has 1 aliphatic heterocycles. The molecule has 0 saturated carbocycles. The summed E-state index contributed by atoms with van der Waals surface area (Å²) in [6.07, 6.45) is -0.128. The summed E-state index contributed by atoms with van der Waals surface area (Å²) in [4.78, 5) is 2.22. The Hall–Kier alpha value is -0.970. The van der Waals surface area contributed by atoms with Crippen LogP contribution in [0.15, 0.2) is 18.2 Å². The molecule has 1 aromatic rings. The van der Waals surface area contributed by atoms with Crippen molar-refractivity contribution in [2.75, 3.05) is 19.8 Å². The van der Waals surface area contributed by atoms with E-state index < -0.39 is 0 Å². The standard InChI is InChI=1S/C14H20FNO2/c1-10-3-4-12(5-14(10)15)6-16-7-13(8-17)18-9-11(16)2/h3-5,11,13,17H,6-9H2,1-2H3. The van der Waals surface area contributed by atoms with Gasteiger partial charge in [-0.3, -0.25) is 4.90 Å². The van der Waals surface area contributed by atoms with E-state index in [4.69, 9.17) is 9.84 Å². The quantitative estimate of drug-likeness (QED) is 0.890. The molecule has 0 bridgehead atoms. The second kappa shape index (κ2) is 5.78. The smallest absolute Gasteiger partial charge is 0.126 e. The van der Waals surface area contributed by atoms with Gasteiger partial charge in [0, 0.05) is 19.1 Å². The molecule has 4 heteroatoms. The minimum absolute atomic E-state index is 0.0332. The number of nitrogens with zero attached hydrogens (tertiary/aromatic N) is 1. The SMILES string of the molecule is Cc1ccc(CN2CC(CO)OCC2C)cc1F. The van der Waals surface area contributed by atoms with Crippen LogP contribution in [0.4, 0.5) is 4.39 Å². The molecule has 1 heterocycles. The number of aliphatic hydroxyl groups is 1. The lowest BCUT2D eigenvalue weighted by Crippen LogP contribution is -2.48. The molecule has 2 rings (SSSR count). The molecule has 1 aromatic carbocycles. The highest BCUT2D eigenvalue weighted by Crippen LogP contribution is 2.17. The molecule has 3 nitrogen and oxygen atoms in total. The minimum Gasteiger partial charge on any atom is -0.394 e. The van der Waals surface area contributed by atoms with Crippen molar-refractivity contribution in [1.82, 2.24) is 4.90 Å². The third kappa shape index (κ3) is 3.07. The number of aliphatic hydroxyl groups excluding tert-OH is 1. The van der Waals surface area contributed by atoms with Crippen molar-refractivity contribution in [2.24, 2.45) is 0 Å². The van der Waals surface area contributed by atoms with Gasteiger partial charge in [-0.2, -0.15) is 0 Å². The first kappa shape index (κ1) is 13.5. The Morgan fingerprint density at radius 2 is 2.28 bits per heavy atom. The average molecular weight is 253 g/mol. The van der Waals surface area contributed by atoms with Crippen LogP contribution in [0.25, 0.3) is 0 Å². The summed E-state index contributed by atoms with van der Waals surface area (Å²) in [6, 6.07) is 5.64. The Labute approximate surface area is 107 Å². The average Bonchev–Trinajstić information content (AvgIpc) is 2.36. The zero-order valence-corrected chi connectivity index (χ0v) is 10.9. The van der Waals surface area contributed by atoms with E-state index in [2.05, 4.69) is 11.8 Å². The van der Waals surface area contributed by atoms with Crippen LogP contribution in [0.3, 0.4) is 0 Å². The van der Waals surface area contributed by atoms with Gasteiger partial charge in [-0.25, -0.2) is 4.39 Å². The predicted molar refractivity (Wildman–Crippen MR) is 67.8 cm³/mol. The summed E-state index contributed by atoms with van der Waals surface area (Å²) < 4.78 is 19.0. The van der Waals surface area contributed by atoms with Gasteiger partial charge in [0.25, 0.3) is 0 Å². The second-order valence-electron chi connectivity index (χ2n) is 5.00. The van der Waals surface area contributed by atoms with Gasteiger partial charge < -0.3 is 9.84 Å². The normalized spacial score (nSPS) is 25.3. The van der Waals surface area contributed by atoms with E-state index in [0.717, 1.165) is 5.56 Å². The number of aryl methyl sites for hydroxylation is 1. The number of hydrogen-bond acceptors (Lipinski definition) is 3. The molecule has 2 atom stereocenters. The van der Waals surface area contributed by atoms with Crippen molar-refractivity contribution >= 4 is 0 Å². The van der Waals surface area contributed by atoms with Crippen molar-refractivity contribution in [3.63, 3.8) is 0 Å². The van der Waals surface area contributed by atoms with Gasteiger partial charge in [-0.15, -0.1) is 0 Å². The number of morpholine rings is 1. The zero-order chi connectivity index (χ0) is 13.1. The molecule has 100 valence electrons. The first-order chi connectivity index (χ1) is 8.60. The lowest BCUT2D eigenvalue weighted by atomic mass is 10.1. The molecular weight excluding hydrogens is 233 g/mol. The second-order valence-corrected chi connectivity index (χ2v) is 5.00. The molecule has 1 aliphatic rings. The number of halogens is 1. The third-order valence-corrected chi connectivity index (χ3v) is 3.46. The predicted octanol–water partition coefficient (Wildman–Crippen LogP) is 1.72. The molecule has 0 radical (unpaired) electrons. The van der Waals surface area contributed by atoms with Crippen molar-refractivity contribution in [3.05, 3.63) is 35.1 Å². The van der Waals surface area contributed by atoms with E-state index in [9.17, 15) is 4.39 Å². The highest BCUT2D eigenvalue weighted by atomic mass is 19.1. The van der Waals surface area contributed by atoms with E-state index >= 15 is 0 Å². The van der Waals surface area contributed by atoms with Gasteiger partial charge in [0.05, 0.1) is 19.3 Å². The monoisotopic (exact) mass is 253 g/mol. The van der Waals surface area contributed by atoms with E-state index in [1.165, 1.54) is 0 Å². The maximum atomic E-state index is 13.5. The maximum Gasteiger partial charge on any atom is 0.126 e. The maximum absolute atomic E-state index is 13.5. The minimum atomic E-state index is -0.160. The highest BCUT2D eigenvalue weighted by Gasteiger charge is 2.25. The molecule has 0 amide bonds. The first-order valence-corrected chi connectivity index (χ1v) is 6.31. The zero-order valence-electron chi connectivity index (χ0n) is 10.9. The summed E-state index contributed by atoms with van der Waals surface area (Å²) >= 11 is 0. The van der Waals surface area contributed by atoms with Gasteiger partial charge in [0.2, 0.25) is 0 Å². The van der Waals surface area contributed by atoms with Crippen molar-refractivity contribution in [2.45, 2.75) is 32.5 Å². The lowest BCUT2D eigenvalue weighted by molar-refractivity contribution is -0.0805. The van der Waals surface area contributed by atoms with Crippen LogP contribution >= 0.6 is 0 Å². The molecular formula is C14H20FNO2. The summed E-state index contributed by atoms with van der Waals surface area (Å²) in [5, 5.41) is 9.13. The molecule has 1 fully saturated rings. The van der Waals surface area contributed by atoms with Gasteiger partial charge in [-0.1, -0.05) is 12.1 Å². The van der Waals surface area contributed by atoms with E-state index in [1.54, 1.807) is 19.1 Å². The van der Waals surface area contributed by atoms with Crippen LogP contribution in [0.1, 0.15) is 18.1 Å². The number of benzene rings is 1. The third-order valence-electron chi connectivity index (χ3n) is 3.46. The van der Waals surface area contributed by atoms with Gasteiger partial charge in [0.1, 0.15) is 5.82 Å². The number of hydrogen-bond donors (Lipinski definition) is 1. The summed E-state index contributed by atoms with van der Waals surface area (Å²) in [5.74, 6) is -0.160. The van der Waals surface area contributed by atoms with Gasteiger partial charge in [0.15, 0.2) is 0 Å². The van der Waals surface area contributed by atoms with E-state index in [-0.39, 0.29) is 24.6 Å². The Morgan fingerprint density at radius 1 is 1.50 bits per heavy atom. The Balaban J connectivity index is 2.04. The highest BCUT2D eigenvalue weighted by molar-refractivity contribution is 5.23. The Bertz CT molecular complexity index is 411. The van der Waals surface area contributed by atoms with E-state index in [0.29, 0.717) is 25.3 Å². The van der Waals surface area contributed by atoms with Gasteiger partial charge in [-0.05, 0) is 31.0 Å². The van der Waals surface area contributed by atoms with Crippen LogP contribution in [0.2, 0.25) is 0 Å². The Morgan fingerprint density at radius 3 is 2.94 bits per heavy atom. The fraction of sp³-hybridized carbons (Fsp3) is 0.571. The summed E-state index contributed by atoms with van der Waals surface area (Å²) in [6.45, 7) is 5.87. The van der Waals surface area contributed by atoms with Crippen LogP contribution < -0.4 is 0 Å². The van der Waals surface area contributed by atoms with Crippen LogP contribution in [-0.4, -0.2) is 41.9 Å². The number of ether oxygens (including phenoxy) is 1. The molecule has 1 N–H and O–H groups in total. The van der Waals surface area contributed by atoms with Crippen molar-refractivity contribution in [1.29, 1.82) is 0 Å². The van der Waals surface area contributed by atoms with Crippen molar-refractivity contribution < 1.29 is 14.2 Å². The molecule has 2 unspecified atom stereocenters. The van der Waals surface area contributed by atoms with Crippen molar-refractivity contribution in [3.8, 4) is 0 Å². The van der Waals surface area contributed by atoms with Crippen LogP contribution in [0.5, 0.6) is 0 Å². The fourth-order valence-corrected chi connectivity index (χ4v) is 2.18. The molecule has 0 spiro atoms. The van der Waals surface area contributed by atoms with E-state index in [1.807, 2.05) is 6.07 Å². The van der Waals surface area contributed by atoms with Crippen LogP contribution in [-0.2, 0) is 11.3 Å². The summed E-state index contributed by atoms with van der Waals surface area (Å²) in [5.41, 5.74) is 1.63. The number of rotatable bonds is 3. The molecule has 0 aromatic heterocycles. The topological polar surface area (TPSA) is 32.7 Å². The molecule has 0 aliphatic carbocycles. The van der Waals surface area contributed by atoms with Crippen LogP contribution in [0, 0.1) is 12.7 Å². The summed E-state index contributed by atoms with van der Waals surface area (Å²) in [7, 11) is 0. The largest absolute Gasteiger partial charge is 0.394 e. The molecule has 1 saturated heterocycles. The fourth-order valence-electron chi connectivity index (χ4n) is 2.18.